The Morgan fingerprint density at radius 3 is 2.64 bits per heavy atom. The number of anilines is 1. The second-order valence-electron chi connectivity index (χ2n) is 9.91. The van der Waals surface area contributed by atoms with E-state index in [4.69, 9.17) is 36.6 Å². The van der Waals surface area contributed by atoms with Crippen LogP contribution in [0.25, 0.3) is 11.2 Å². The summed E-state index contributed by atoms with van der Waals surface area (Å²) in [6, 6.07) is 0. The standard InChI is InChI=1S/C20H30FN5O13P2S/c1-3-20(31)5-19(2,37-18(20)26-8-25-10-15(22)23-7-24-16(10)26)6-35-41(34,42)39-40(32,33)38-17-13(30)11(28)12(29)14(36-17)9(21)4-27/h3,7-9,11-14,17-18,27-31H,1,4-6H2,2H3,(H,32,33)(H,34,42)(H2,22,23,24)/t9-,11?,12?,13?,14?,17?,18+,19-,20+,41?/m0/s1. The first-order chi connectivity index (χ1) is 19.4. The number of aliphatic hydroxyl groups is 5. The van der Waals surface area contributed by atoms with Crippen LogP contribution in [0.3, 0.4) is 0 Å². The molecule has 0 saturated carbocycles. The third-order valence-electron chi connectivity index (χ3n) is 6.59. The zero-order valence-electron chi connectivity index (χ0n) is 21.7. The number of nitrogens with two attached hydrogens (primary N) is 1. The van der Waals surface area contributed by atoms with E-state index in [2.05, 4.69) is 30.4 Å². The minimum Gasteiger partial charge on any atom is -0.393 e. The number of hydrogen-bond donors (Lipinski definition) is 8. The molecule has 0 bridgehead atoms. The minimum absolute atomic E-state index is 0.0871. The van der Waals surface area contributed by atoms with E-state index in [9.17, 15) is 39.2 Å². The molecule has 0 amide bonds. The summed E-state index contributed by atoms with van der Waals surface area (Å²) in [4.78, 5) is 32.8. The Kier molecular flexibility index (Phi) is 9.58. The average Bonchev–Trinajstić information content (AvgIpc) is 3.46. The number of alkyl halides is 1. The van der Waals surface area contributed by atoms with E-state index in [1.807, 2.05) is 0 Å². The lowest BCUT2D eigenvalue weighted by Crippen LogP contribution is -2.60. The predicted molar refractivity (Wildman–Crippen MR) is 141 cm³/mol. The molecule has 0 aliphatic carbocycles. The predicted octanol–water partition coefficient (Wildman–Crippen LogP) is -1.49. The lowest BCUT2D eigenvalue weighted by molar-refractivity contribution is -0.287. The number of fused-ring (bicyclic) bond motifs is 1. The van der Waals surface area contributed by atoms with Crippen molar-refractivity contribution in [1.29, 1.82) is 0 Å². The maximum absolute atomic E-state index is 14.0. The first-order valence-electron chi connectivity index (χ1n) is 12.1. The number of rotatable bonds is 11. The lowest BCUT2D eigenvalue weighted by atomic mass is 9.91. The van der Waals surface area contributed by atoms with E-state index in [0.717, 1.165) is 0 Å². The molecule has 4 rings (SSSR count). The first-order valence-corrected chi connectivity index (χ1v) is 16.1. The van der Waals surface area contributed by atoms with Crippen molar-refractivity contribution in [1.82, 2.24) is 19.5 Å². The molecule has 9 N–H and O–H groups in total. The molecule has 2 saturated heterocycles. The summed E-state index contributed by atoms with van der Waals surface area (Å²) in [5.74, 6) is 0.0871. The Bertz CT molecular complexity index is 1410. The molecule has 0 radical (unpaired) electrons. The van der Waals surface area contributed by atoms with Crippen LogP contribution < -0.4 is 5.73 Å². The van der Waals surface area contributed by atoms with Crippen molar-refractivity contribution in [2.75, 3.05) is 18.9 Å². The smallest absolute Gasteiger partial charge is 0.393 e. The summed E-state index contributed by atoms with van der Waals surface area (Å²) in [6.45, 7) is -1.29. The van der Waals surface area contributed by atoms with Gasteiger partial charge in [0.15, 0.2) is 30.2 Å². The number of hydrogen-bond acceptors (Lipinski definition) is 16. The van der Waals surface area contributed by atoms with Crippen LogP contribution in [0, 0.1) is 0 Å². The van der Waals surface area contributed by atoms with Gasteiger partial charge < -0.3 is 55.1 Å². The van der Waals surface area contributed by atoms with Crippen molar-refractivity contribution < 1.29 is 67.1 Å². The van der Waals surface area contributed by atoms with Gasteiger partial charge in [0.05, 0.1) is 25.1 Å². The van der Waals surface area contributed by atoms with Gasteiger partial charge in [0.2, 0.25) is 0 Å². The second kappa shape index (κ2) is 12.1. The Morgan fingerprint density at radius 1 is 1.31 bits per heavy atom. The summed E-state index contributed by atoms with van der Waals surface area (Å²) in [5, 5.41) is 50.2. The summed E-state index contributed by atoms with van der Waals surface area (Å²) in [6.07, 6.45) is -10.4. The van der Waals surface area contributed by atoms with Crippen LogP contribution in [0.15, 0.2) is 25.3 Å². The number of phosphoric ester groups is 1. The molecular formula is C20H30FN5O13P2S. The van der Waals surface area contributed by atoms with Crippen molar-refractivity contribution >= 4 is 43.3 Å². The molecule has 2 aliphatic rings. The minimum atomic E-state index is -5.47. The Hall–Kier alpha value is -1.58. The summed E-state index contributed by atoms with van der Waals surface area (Å²) < 4.78 is 53.3. The van der Waals surface area contributed by atoms with E-state index >= 15 is 0 Å². The largest absolute Gasteiger partial charge is 0.481 e. The van der Waals surface area contributed by atoms with Crippen LogP contribution in [0.1, 0.15) is 19.6 Å². The highest BCUT2D eigenvalue weighted by molar-refractivity contribution is 8.08. The Balaban J connectivity index is 1.44. The topological polar surface area (TPSA) is 274 Å². The molecule has 236 valence electrons. The van der Waals surface area contributed by atoms with Gasteiger partial charge in [0.25, 0.3) is 0 Å². The fraction of sp³-hybridized carbons (Fsp3) is 0.650. The van der Waals surface area contributed by atoms with Gasteiger partial charge in [-0.2, -0.15) is 0 Å². The molecule has 22 heteroatoms. The van der Waals surface area contributed by atoms with Crippen molar-refractivity contribution in [3.63, 3.8) is 0 Å². The number of phosphoric acid groups is 1. The van der Waals surface area contributed by atoms with Gasteiger partial charge >= 0.3 is 14.5 Å². The second-order valence-corrected chi connectivity index (χ2v) is 14.3. The molecule has 2 aromatic heterocycles. The number of ether oxygens (including phenoxy) is 2. The number of aromatic nitrogens is 4. The number of aliphatic hydroxyl groups excluding tert-OH is 4. The highest BCUT2D eigenvalue weighted by Crippen LogP contribution is 2.62. The highest BCUT2D eigenvalue weighted by Gasteiger charge is 2.54. The summed E-state index contributed by atoms with van der Waals surface area (Å²) in [5.41, 5.74) is 3.15. The quantitative estimate of drug-likeness (QED) is 0.101. The number of nitrogens with zero attached hydrogens (tertiary/aromatic N) is 4. The van der Waals surface area contributed by atoms with E-state index < -0.39 is 82.1 Å². The lowest BCUT2D eigenvalue weighted by Gasteiger charge is -2.41. The van der Waals surface area contributed by atoms with Gasteiger partial charge in [-0.25, -0.2) is 28.2 Å². The normalized spacial score (nSPS) is 37.3. The molecular weight excluding hydrogens is 631 g/mol. The van der Waals surface area contributed by atoms with Gasteiger partial charge in [0.1, 0.15) is 41.9 Å². The molecule has 4 heterocycles. The molecule has 0 spiro atoms. The third-order valence-corrected chi connectivity index (χ3v) is 10.1. The van der Waals surface area contributed by atoms with Crippen molar-refractivity contribution in [3.8, 4) is 0 Å². The van der Waals surface area contributed by atoms with E-state index in [-0.39, 0.29) is 23.4 Å². The van der Waals surface area contributed by atoms with Gasteiger partial charge in [0, 0.05) is 6.42 Å². The fourth-order valence-corrected chi connectivity index (χ4v) is 7.76. The number of imidazole rings is 1. The van der Waals surface area contributed by atoms with Gasteiger partial charge in [-0.1, -0.05) is 6.08 Å². The molecule has 2 fully saturated rings. The van der Waals surface area contributed by atoms with Crippen molar-refractivity contribution in [3.05, 3.63) is 25.3 Å². The molecule has 42 heavy (non-hydrogen) atoms. The Morgan fingerprint density at radius 2 is 2.00 bits per heavy atom. The van der Waals surface area contributed by atoms with Crippen molar-refractivity contribution in [2.24, 2.45) is 0 Å². The fourth-order valence-electron chi connectivity index (χ4n) is 4.58. The Labute approximate surface area is 242 Å². The first kappa shape index (κ1) is 33.3. The summed E-state index contributed by atoms with van der Waals surface area (Å²) in [7, 11) is -5.47. The monoisotopic (exact) mass is 661 g/mol. The number of nitrogen functional groups attached to an aromatic ring is 1. The number of halogens is 1. The zero-order chi connectivity index (χ0) is 31.3. The molecule has 2 aliphatic heterocycles. The molecule has 7 unspecified atom stereocenters. The molecule has 18 nitrogen and oxygen atoms in total. The van der Waals surface area contributed by atoms with Crippen LogP contribution in [0.2, 0.25) is 0 Å². The zero-order valence-corrected chi connectivity index (χ0v) is 24.3. The van der Waals surface area contributed by atoms with Crippen LogP contribution in [-0.4, -0.2) is 116 Å². The van der Waals surface area contributed by atoms with Crippen LogP contribution in [-0.2, 0) is 39.2 Å². The maximum Gasteiger partial charge on any atom is 0.481 e. The van der Waals surface area contributed by atoms with Crippen LogP contribution >= 0.6 is 14.5 Å². The van der Waals surface area contributed by atoms with Crippen LogP contribution in [0.4, 0.5) is 10.2 Å². The van der Waals surface area contributed by atoms with Crippen molar-refractivity contribution in [2.45, 2.75) is 67.7 Å². The van der Waals surface area contributed by atoms with E-state index in [1.165, 1.54) is 30.2 Å². The molecule has 11 atom stereocenters. The van der Waals surface area contributed by atoms with Gasteiger partial charge in [-0.3, -0.25) is 9.09 Å². The summed E-state index contributed by atoms with van der Waals surface area (Å²) >= 11 is 4.81. The average molecular weight is 661 g/mol. The van der Waals surface area contributed by atoms with E-state index in [0.29, 0.717) is 0 Å². The van der Waals surface area contributed by atoms with Gasteiger partial charge in [-0.15, -0.1) is 6.58 Å². The maximum atomic E-state index is 14.0. The van der Waals surface area contributed by atoms with Gasteiger partial charge in [-0.05, 0) is 18.7 Å². The third kappa shape index (κ3) is 6.73. The SMILES string of the molecule is C=C[C@@]1(O)C[C@@](C)(COP(O)(=S)OP(=O)(O)OC2OC([C@@H](F)CO)C(O)C(O)C2O)O[C@H]1n1cnc2c(N)ncnc21. The van der Waals surface area contributed by atoms with E-state index in [1.54, 1.807) is 0 Å². The van der Waals surface area contributed by atoms with Crippen LogP contribution in [0.5, 0.6) is 0 Å². The molecule has 2 aromatic rings. The highest BCUT2D eigenvalue weighted by atomic mass is 32.5. The molecule has 0 aromatic carbocycles.